The predicted molar refractivity (Wildman–Crippen MR) is 102 cm³/mol. The van der Waals surface area contributed by atoms with Crippen LogP contribution in [-0.4, -0.2) is 23.2 Å². The van der Waals surface area contributed by atoms with Crippen LogP contribution in [0, 0.1) is 0 Å². The van der Waals surface area contributed by atoms with Gasteiger partial charge in [0.15, 0.2) is 5.60 Å². The van der Waals surface area contributed by atoms with Gasteiger partial charge in [0.25, 0.3) is 0 Å². The summed E-state index contributed by atoms with van der Waals surface area (Å²) in [4.78, 5) is 16.5. The van der Waals surface area contributed by atoms with Crippen molar-refractivity contribution in [1.29, 1.82) is 0 Å². The Kier molecular flexibility index (Phi) is 5.01. The Labute approximate surface area is 163 Å². The molecule has 1 aliphatic heterocycles. The van der Waals surface area contributed by atoms with Gasteiger partial charge in [0.05, 0.1) is 22.8 Å². The lowest BCUT2D eigenvalue weighted by Crippen LogP contribution is -2.45. The van der Waals surface area contributed by atoms with E-state index in [1.807, 2.05) is 32.2 Å². The van der Waals surface area contributed by atoms with Gasteiger partial charge in [-0.2, -0.15) is 0 Å². The number of nitrogens with one attached hydrogen (secondary N) is 1. The number of thiazole rings is 1. The zero-order valence-corrected chi connectivity index (χ0v) is 17.2. The van der Waals surface area contributed by atoms with Gasteiger partial charge in [-0.25, -0.2) is 9.78 Å². The van der Waals surface area contributed by atoms with Crippen molar-refractivity contribution in [2.75, 3.05) is 6.54 Å². The number of alkyl carbamates (subject to hydrolysis) is 1. The third-order valence-corrected chi connectivity index (χ3v) is 5.77. The van der Waals surface area contributed by atoms with E-state index in [1.54, 1.807) is 11.6 Å². The van der Waals surface area contributed by atoms with Crippen molar-refractivity contribution < 1.29 is 14.3 Å². The number of nitrogens with zero attached hydrogens (tertiary/aromatic N) is 1. The van der Waals surface area contributed by atoms with Crippen LogP contribution in [0.15, 0.2) is 27.5 Å². The van der Waals surface area contributed by atoms with Crippen LogP contribution in [0.25, 0.3) is 0 Å². The summed E-state index contributed by atoms with van der Waals surface area (Å²) in [5.41, 5.74) is 2.14. The van der Waals surface area contributed by atoms with Crippen molar-refractivity contribution in [3.8, 4) is 5.75 Å². The number of fused-ring (bicyclic) bond motifs is 1. The third kappa shape index (κ3) is 3.93. The number of benzene rings is 1. The number of ether oxygens (including phenoxy) is 2. The van der Waals surface area contributed by atoms with Crippen molar-refractivity contribution in [2.45, 2.75) is 38.4 Å². The van der Waals surface area contributed by atoms with Gasteiger partial charge in [-0.15, -0.1) is 11.3 Å². The molecule has 1 aromatic heterocycles. The second-order valence-electron chi connectivity index (χ2n) is 6.84. The van der Waals surface area contributed by atoms with Gasteiger partial charge in [-0.05, 0) is 48.8 Å². The van der Waals surface area contributed by atoms with Crippen LogP contribution < -0.4 is 10.1 Å². The van der Waals surface area contributed by atoms with E-state index in [0.717, 1.165) is 21.5 Å². The van der Waals surface area contributed by atoms with E-state index in [1.165, 1.54) is 11.3 Å². The number of carbonyl (C=O) groups excluding carboxylic acids is 1. The Morgan fingerprint density at radius 1 is 1.52 bits per heavy atom. The summed E-state index contributed by atoms with van der Waals surface area (Å²) in [7, 11) is 0. The normalized spacial score (nSPS) is 19.2. The van der Waals surface area contributed by atoms with Crippen LogP contribution in [0.5, 0.6) is 5.75 Å². The summed E-state index contributed by atoms with van der Waals surface area (Å²) in [6.45, 7) is 5.71. The molecular formula is C17H18BrClN2O3S. The maximum atomic E-state index is 12.1. The van der Waals surface area contributed by atoms with Crippen molar-refractivity contribution in [3.05, 3.63) is 43.8 Å². The second kappa shape index (κ2) is 6.78. The van der Waals surface area contributed by atoms with Crippen LogP contribution in [0.1, 0.15) is 32.0 Å². The molecule has 1 atom stereocenters. The van der Waals surface area contributed by atoms with Gasteiger partial charge in [0.2, 0.25) is 0 Å². The quantitative estimate of drug-likeness (QED) is 0.729. The van der Waals surface area contributed by atoms with Crippen LogP contribution in [0.2, 0.25) is 5.02 Å². The van der Waals surface area contributed by atoms with E-state index in [-0.39, 0.29) is 6.54 Å². The summed E-state index contributed by atoms with van der Waals surface area (Å²) in [5.74, 6) is 0.732. The van der Waals surface area contributed by atoms with Gasteiger partial charge in [0, 0.05) is 21.8 Å². The standard InChI is InChI=1S/C17H18BrClN2O3S/c1-16(2,3)24-15(22)20-8-17(13-7-25-9-21-13)6-10-12(23-17)5-4-11(19)14(10)18/h4-5,7,9H,6,8H2,1-3H3,(H,20,22). The number of carbonyl (C=O) groups is 1. The van der Waals surface area contributed by atoms with Crippen LogP contribution in [-0.2, 0) is 16.8 Å². The molecule has 1 aromatic carbocycles. The molecule has 2 heterocycles. The Bertz CT molecular complexity index is 792. The first-order valence-electron chi connectivity index (χ1n) is 7.72. The lowest BCUT2D eigenvalue weighted by atomic mass is 9.94. The van der Waals surface area contributed by atoms with Crippen LogP contribution >= 0.6 is 38.9 Å². The number of rotatable bonds is 3. The van der Waals surface area contributed by atoms with Crippen molar-refractivity contribution in [2.24, 2.45) is 0 Å². The van der Waals surface area contributed by atoms with Crippen LogP contribution in [0.4, 0.5) is 4.79 Å². The first-order valence-corrected chi connectivity index (χ1v) is 9.83. The molecule has 0 bridgehead atoms. The molecule has 0 saturated carbocycles. The van der Waals surface area contributed by atoms with E-state index in [2.05, 4.69) is 26.2 Å². The fourth-order valence-electron chi connectivity index (χ4n) is 2.67. The zero-order chi connectivity index (χ0) is 18.2. The van der Waals surface area contributed by atoms with Crippen molar-refractivity contribution >= 4 is 45.0 Å². The van der Waals surface area contributed by atoms with E-state index >= 15 is 0 Å². The van der Waals surface area contributed by atoms with E-state index in [9.17, 15) is 4.79 Å². The molecule has 2 aromatic rings. The molecule has 25 heavy (non-hydrogen) atoms. The first kappa shape index (κ1) is 18.5. The lowest BCUT2D eigenvalue weighted by Gasteiger charge is -2.28. The molecule has 134 valence electrons. The molecule has 0 spiro atoms. The van der Waals surface area contributed by atoms with E-state index < -0.39 is 17.3 Å². The third-order valence-electron chi connectivity index (χ3n) is 3.74. The topological polar surface area (TPSA) is 60.5 Å². The molecule has 1 aliphatic rings. The SMILES string of the molecule is CC(C)(C)OC(=O)NCC1(c2cscn2)Cc2c(ccc(Cl)c2Br)O1. The highest BCUT2D eigenvalue weighted by Crippen LogP contribution is 2.46. The molecule has 1 N–H and O–H groups in total. The first-order chi connectivity index (χ1) is 11.7. The van der Waals surface area contributed by atoms with E-state index in [0.29, 0.717) is 11.4 Å². The van der Waals surface area contributed by atoms with Gasteiger partial charge in [0.1, 0.15) is 11.4 Å². The van der Waals surface area contributed by atoms with Crippen molar-refractivity contribution in [3.63, 3.8) is 0 Å². The molecule has 0 aliphatic carbocycles. The monoisotopic (exact) mass is 444 g/mol. The summed E-state index contributed by atoms with van der Waals surface area (Å²) in [5, 5.41) is 5.36. The number of hydrogen-bond acceptors (Lipinski definition) is 5. The molecule has 1 amide bonds. The van der Waals surface area contributed by atoms with Gasteiger partial charge >= 0.3 is 6.09 Å². The molecule has 8 heteroatoms. The molecular weight excluding hydrogens is 428 g/mol. The smallest absolute Gasteiger partial charge is 0.407 e. The van der Waals surface area contributed by atoms with Gasteiger partial charge in [-0.1, -0.05) is 11.6 Å². The number of aromatic nitrogens is 1. The molecule has 3 rings (SSSR count). The average Bonchev–Trinajstić information content (AvgIpc) is 3.16. The zero-order valence-electron chi connectivity index (χ0n) is 14.1. The Balaban J connectivity index is 1.85. The minimum absolute atomic E-state index is 0.240. The Morgan fingerprint density at radius 2 is 2.28 bits per heavy atom. The minimum atomic E-state index is -0.785. The summed E-state index contributed by atoms with van der Waals surface area (Å²) in [6.07, 6.45) is 0.0574. The fraction of sp³-hybridized carbons (Fsp3) is 0.412. The maximum absolute atomic E-state index is 12.1. The Morgan fingerprint density at radius 3 is 2.92 bits per heavy atom. The average molecular weight is 446 g/mol. The fourth-order valence-corrected chi connectivity index (χ4v) is 3.95. The van der Waals surface area contributed by atoms with Gasteiger partial charge in [-0.3, -0.25) is 0 Å². The minimum Gasteiger partial charge on any atom is -0.478 e. The van der Waals surface area contributed by atoms with E-state index in [4.69, 9.17) is 21.1 Å². The number of hydrogen-bond donors (Lipinski definition) is 1. The van der Waals surface area contributed by atoms with Crippen molar-refractivity contribution in [1.82, 2.24) is 10.3 Å². The van der Waals surface area contributed by atoms with Gasteiger partial charge < -0.3 is 14.8 Å². The highest BCUT2D eigenvalue weighted by Gasteiger charge is 2.44. The lowest BCUT2D eigenvalue weighted by molar-refractivity contribution is 0.0407. The number of halogens is 2. The molecule has 0 fully saturated rings. The highest BCUT2D eigenvalue weighted by molar-refractivity contribution is 9.10. The predicted octanol–water partition coefficient (Wildman–Crippen LogP) is 4.91. The highest BCUT2D eigenvalue weighted by atomic mass is 79.9. The van der Waals surface area contributed by atoms with Crippen LogP contribution in [0.3, 0.4) is 0 Å². The molecule has 0 saturated heterocycles. The Hall–Kier alpha value is -1.31. The second-order valence-corrected chi connectivity index (χ2v) is 8.76. The summed E-state index contributed by atoms with van der Waals surface area (Å²) >= 11 is 11.2. The molecule has 5 nitrogen and oxygen atoms in total. The summed E-state index contributed by atoms with van der Waals surface area (Å²) < 4.78 is 12.4. The maximum Gasteiger partial charge on any atom is 0.407 e. The number of amides is 1. The molecule has 1 unspecified atom stereocenters. The largest absolute Gasteiger partial charge is 0.478 e. The summed E-state index contributed by atoms with van der Waals surface area (Å²) in [6, 6.07) is 3.62. The molecule has 0 radical (unpaired) electrons.